The molecule has 0 aromatic rings. The average molecular weight is 389 g/mol. The molecule has 152 valence electrons. The van der Waals surface area contributed by atoms with Gasteiger partial charge in [-0.15, -0.1) is 0 Å². The van der Waals surface area contributed by atoms with Crippen molar-refractivity contribution in [2.24, 2.45) is 11.8 Å². The fraction of sp³-hybridized carbons (Fsp3) is 0.833. The number of nitrogens with zero attached hydrogens (tertiary/aromatic N) is 2. The van der Waals surface area contributed by atoms with Gasteiger partial charge in [0, 0.05) is 6.04 Å². The normalized spacial score (nSPS) is 29.8. The summed E-state index contributed by atoms with van der Waals surface area (Å²) >= 11 is 0. The molecule has 9 heteroatoms. The highest BCUT2D eigenvalue weighted by Crippen LogP contribution is 2.38. The predicted octanol–water partition coefficient (Wildman–Crippen LogP) is 2.68. The molecule has 1 N–H and O–H groups in total. The summed E-state index contributed by atoms with van der Waals surface area (Å²) < 4.78 is 38.8. The molecule has 27 heavy (non-hydrogen) atoms. The van der Waals surface area contributed by atoms with Crippen molar-refractivity contribution >= 4 is 17.8 Å². The summed E-state index contributed by atoms with van der Waals surface area (Å²) in [6.07, 6.45) is -0.404. The van der Waals surface area contributed by atoms with Crippen LogP contribution in [0.5, 0.6) is 0 Å². The zero-order valence-corrected chi connectivity index (χ0v) is 15.6. The highest BCUT2D eigenvalue weighted by atomic mass is 19.4. The Balaban J connectivity index is 1.71. The Kier molecular flexibility index (Phi) is 5.16. The standard InChI is InChI=1S/C18H26F3N3O3/c1-11-5-7-17(8-6-11)15(26)23(16(27)22-17)9-14(25)24(10-18(19,20)21)12(2)13-3-4-13/h11-13H,3-10H2,1-2H3,(H,22,27)/t11?,12-,17?/m1/s1. The Morgan fingerprint density at radius 3 is 2.37 bits per heavy atom. The number of nitrogens with one attached hydrogen (secondary N) is 1. The van der Waals surface area contributed by atoms with Crippen LogP contribution < -0.4 is 5.32 Å². The van der Waals surface area contributed by atoms with Crippen molar-refractivity contribution in [1.82, 2.24) is 15.1 Å². The highest BCUT2D eigenvalue weighted by Gasteiger charge is 2.53. The van der Waals surface area contributed by atoms with Crippen molar-refractivity contribution in [3.05, 3.63) is 0 Å². The number of imide groups is 1. The lowest BCUT2D eigenvalue weighted by Gasteiger charge is -2.34. The zero-order chi connectivity index (χ0) is 20.0. The number of halogens is 3. The van der Waals surface area contributed by atoms with Crippen LogP contribution >= 0.6 is 0 Å². The number of rotatable bonds is 5. The van der Waals surface area contributed by atoms with Crippen LogP contribution in [0.1, 0.15) is 52.4 Å². The average Bonchev–Trinajstić information content (AvgIpc) is 3.39. The second kappa shape index (κ2) is 6.98. The maximum absolute atomic E-state index is 12.9. The minimum absolute atomic E-state index is 0.0468. The van der Waals surface area contributed by atoms with E-state index in [-0.39, 0.29) is 5.92 Å². The fourth-order valence-corrected chi connectivity index (χ4v) is 4.13. The predicted molar refractivity (Wildman–Crippen MR) is 90.6 cm³/mol. The minimum Gasteiger partial charge on any atom is -0.329 e. The lowest BCUT2D eigenvalue weighted by atomic mass is 9.77. The van der Waals surface area contributed by atoms with Crippen molar-refractivity contribution in [2.75, 3.05) is 13.1 Å². The van der Waals surface area contributed by atoms with Gasteiger partial charge in [0.25, 0.3) is 5.91 Å². The molecule has 1 aliphatic heterocycles. The van der Waals surface area contributed by atoms with E-state index in [1.807, 2.05) is 0 Å². The molecular weight excluding hydrogens is 363 g/mol. The molecule has 1 atom stereocenters. The van der Waals surface area contributed by atoms with E-state index < -0.39 is 48.7 Å². The van der Waals surface area contributed by atoms with Gasteiger partial charge >= 0.3 is 12.2 Å². The van der Waals surface area contributed by atoms with Gasteiger partial charge in [-0.3, -0.25) is 14.5 Å². The number of carbonyl (C=O) groups is 3. The first-order valence-electron chi connectivity index (χ1n) is 9.53. The zero-order valence-electron chi connectivity index (χ0n) is 15.6. The van der Waals surface area contributed by atoms with Gasteiger partial charge in [-0.2, -0.15) is 13.2 Å². The number of hydrogen-bond donors (Lipinski definition) is 1. The smallest absolute Gasteiger partial charge is 0.329 e. The fourth-order valence-electron chi connectivity index (χ4n) is 4.13. The number of carbonyl (C=O) groups excluding carboxylic acids is 3. The Labute approximate surface area is 156 Å². The van der Waals surface area contributed by atoms with E-state index in [4.69, 9.17) is 0 Å². The first-order chi connectivity index (χ1) is 12.5. The van der Waals surface area contributed by atoms with Gasteiger partial charge in [0.15, 0.2) is 0 Å². The molecule has 1 saturated heterocycles. The summed E-state index contributed by atoms with van der Waals surface area (Å²) in [4.78, 5) is 39.3. The molecule has 0 radical (unpaired) electrons. The van der Waals surface area contributed by atoms with E-state index in [0.29, 0.717) is 18.8 Å². The van der Waals surface area contributed by atoms with E-state index in [9.17, 15) is 27.6 Å². The van der Waals surface area contributed by atoms with Crippen LogP contribution in [0.3, 0.4) is 0 Å². The van der Waals surface area contributed by atoms with Gasteiger partial charge in [0.1, 0.15) is 18.6 Å². The van der Waals surface area contributed by atoms with Crippen molar-refractivity contribution < 1.29 is 27.6 Å². The minimum atomic E-state index is -4.53. The van der Waals surface area contributed by atoms with Crippen LogP contribution in [0.25, 0.3) is 0 Å². The molecule has 1 heterocycles. The van der Waals surface area contributed by atoms with Crippen LogP contribution in [-0.4, -0.2) is 58.5 Å². The summed E-state index contributed by atoms with van der Waals surface area (Å²) in [7, 11) is 0. The summed E-state index contributed by atoms with van der Waals surface area (Å²) in [5, 5.41) is 2.69. The van der Waals surface area contributed by atoms with E-state index in [1.54, 1.807) is 6.92 Å². The maximum atomic E-state index is 12.9. The SMILES string of the molecule is CC1CCC2(CC1)NC(=O)N(CC(=O)N(CC(F)(F)F)[C@H](C)C1CC1)C2=O. The highest BCUT2D eigenvalue weighted by molar-refractivity contribution is 6.09. The third-order valence-electron chi connectivity index (χ3n) is 6.13. The second-order valence-electron chi connectivity index (χ2n) is 8.30. The van der Waals surface area contributed by atoms with E-state index >= 15 is 0 Å². The lowest BCUT2D eigenvalue weighted by Crippen LogP contribution is -2.52. The monoisotopic (exact) mass is 389 g/mol. The van der Waals surface area contributed by atoms with Crippen molar-refractivity contribution in [3.8, 4) is 0 Å². The molecule has 0 bridgehead atoms. The molecule has 4 amide bonds. The Bertz CT molecular complexity index is 625. The number of urea groups is 1. The van der Waals surface area contributed by atoms with Gasteiger partial charge in [-0.1, -0.05) is 6.92 Å². The number of amides is 4. The molecule has 1 spiro atoms. The van der Waals surface area contributed by atoms with Gasteiger partial charge < -0.3 is 10.2 Å². The van der Waals surface area contributed by atoms with Crippen molar-refractivity contribution in [2.45, 2.75) is 70.1 Å². The molecule has 0 unspecified atom stereocenters. The van der Waals surface area contributed by atoms with E-state index in [2.05, 4.69) is 12.2 Å². The summed E-state index contributed by atoms with van der Waals surface area (Å²) in [5.41, 5.74) is -0.999. The molecule has 3 aliphatic rings. The molecule has 2 aliphatic carbocycles. The van der Waals surface area contributed by atoms with E-state index in [1.165, 1.54) is 0 Å². The third-order valence-corrected chi connectivity index (χ3v) is 6.13. The first-order valence-corrected chi connectivity index (χ1v) is 9.53. The quantitative estimate of drug-likeness (QED) is 0.735. The first kappa shape index (κ1) is 19.9. The third kappa shape index (κ3) is 4.21. The molecule has 0 aromatic carbocycles. The molecule has 3 rings (SSSR count). The van der Waals surface area contributed by atoms with Crippen LogP contribution in [0.15, 0.2) is 0 Å². The van der Waals surface area contributed by atoms with Crippen molar-refractivity contribution in [1.29, 1.82) is 0 Å². The topological polar surface area (TPSA) is 69.7 Å². The summed E-state index contributed by atoms with van der Waals surface area (Å²) in [5.74, 6) is -0.821. The van der Waals surface area contributed by atoms with Crippen LogP contribution in [0, 0.1) is 11.8 Å². The van der Waals surface area contributed by atoms with Gasteiger partial charge in [0.2, 0.25) is 5.91 Å². The molecule has 6 nitrogen and oxygen atoms in total. The van der Waals surface area contributed by atoms with Gasteiger partial charge in [-0.05, 0) is 57.3 Å². The Morgan fingerprint density at radius 2 is 1.85 bits per heavy atom. The van der Waals surface area contributed by atoms with Crippen molar-refractivity contribution in [3.63, 3.8) is 0 Å². The number of hydrogen-bond acceptors (Lipinski definition) is 3. The Hall–Kier alpha value is -1.80. The molecule has 2 saturated carbocycles. The summed E-state index contributed by atoms with van der Waals surface area (Å²) in [6, 6.07) is -1.25. The largest absolute Gasteiger partial charge is 0.406 e. The Morgan fingerprint density at radius 1 is 1.26 bits per heavy atom. The van der Waals surface area contributed by atoms with Gasteiger partial charge in [-0.25, -0.2) is 4.79 Å². The van der Waals surface area contributed by atoms with Crippen LogP contribution in [0.4, 0.5) is 18.0 Å². The number of alkyl halides is 3. The van der Waals surface area contributed by atoms with Crippen LogP contribution in [-0.2, 0) is 9.59 Å². The second-order valence-corrected chi connectivity index (χ2v) is 8.30. The van der Waals surface area contributed by atoms with Gasteiger partial charge in [0.05, 0.1) is 0 Å². The maximum Gasteiger partial charge on any atom is 0.406 e. The lowest BCUT2D eigenvalue weighted by molar-refractivity contribution is -0.166. The summed E-state index contributed by atoms with van der Waals surface area (Å²) in [6.45, 7) is 1.66. The van der Waals surface area contributed by atoms with Crippen LogP contribution in [0.2, 0.25) is 0 Å². The molecule has 0 aromatic heterocycles. The van der Waals surface area contributed by atoms with E-state index in [0.717, 1.165) is 35.5 Å². The molecular formula is C18H26F3N3O3. The molecule has 3 fully saturated rings.